The highest BCUT2D eigenvalue weighted by molar-refractivity contribution is 7.47. The fourth-order valence-electron chi connectivity index (χ4n) is 9.94. The van der Waals surface area contributed by atoms with Crippen molar-refractivity contribution < 1.29 is 63.1 Å². The molecule has 1 aliphatic carbocycles. The summed E-state index contributed by atoms with van der Waals surface area (Å²) in [5.41, 5.74) is 0. The SMILES string of the molecule is CCCCCCCCCCCCCCCCCCCC/C=C/CCCC(=O)OC[C@@H](COP(=O)(O)OC1C(O)C(O)C(O)[C@H](O)C1O)OC(=O)CCCCCCCCCCCCCCCCCCCCCCCC. The number of allylic oxidation sites excluding steroid dienone is 2. The topological polar surface area (TPSA) is 210 Å². The van der Waals surface area contributed by atoms with Crippen molar-refractivity contribution in [2.45, 2.75) is 346 Å². The van der Waals surface area contributed by atoms with Crippen molar-refractivity contribution in [2.24, 2.45) is 0 Å². The van der Waals surface area contributed by atoms with Crippen LogP contribution in [0.1, 0.15) is 303 Å². The monoisotopic (exact) mass is 1070 g/mol. The van der Waals surface area contributed by atoms with Crippen LogP contribution in [0.25, 0.3) is 0 Å². The summed E-state index contributed by atoms with van der Waals surface area (Å²) in [7, 11) is -5.13. The van der Waals surface area contributed by atoms with Gasteiger partial charge in [-0.05, 0) is 32.1 Å². The molecule has 13 nitrogen and oxygen atoms in total. The van der Waals surface area contributed by atoms with Gasteiger partial charge in [-0.3, -0.25) is 18.6 Å². The smallest absolute Gasteiger partial charge is 0.462 e. The van der Waals surface area contributed by atoms with Crippen molar-refractivity contribution in [3.05, 3.63) is 12.2 Å². The maximum absolute atomic E-state index is 12.9. The molecule has 14 heteroatoms. The Morgan fingerprint density at radius 1 is 0.405 bits per heavy atom. The molecule has 0 bridgehead atoms. The summed E-state index contributed by atoms with van der Waals surface area (Å²) in [6, 6.07) is 0. The van der Waals surface area contributed by atoms with Crippen LogP contribution in [0.15, 0.2) is 12.2 Å². The molecular weight excluding hydrogens is 960 g/mol. The van der Waals surface area contributed by atoms with E-state index >= 15 is 0 Å². The molecule has 0 aliphatic heterocycles. The lowest BCUT2D eigenvalue weighted by Crippen LogP contribution is -2.64. The van der Waals surface area contributed by atoms with Gasteiger partial charge in [-0.2, -0.15) is 0 Å². The van der Waals surface area contributed by atoms with Crippen molar-refractivity contribution in [1.82, 2.24) is 0 Å². The number of phosphoric ester groups is 1. The van der Waals surface area contributed by atoms with Crippen LogP contribution in [-0.2, 0) is 32.7 Å². The highest BCUT2D eigenvalue weighted by Crippen LogP contribution is 2.47. The lowest BCUT2D eigenvalue weighted by Gasteiger charge is -2.41. The third kappa shape index (κ3) is 40.8. The van der Waals surface area contributed by atoms with E-state index in [0.717, 1.165) is 32.1 Å². The number of phosphoric acid groups is 1. The average Bonchev–Trinajstić information content (AvgIpc) is 3.38. The van der Waals surface area contributed by atoms with Crippen molar-refractivity contribution in [3.63, 3.8) is 0 Å². The summed E-state index contributed by atoms with van der Waals surface area (Å²) in [6.45, 7) is 3.36. The number of carbonyl (C=O) groups is 2. The molecule has 74 heavy (non-hydrogen) atoms. The van der Waals surface area contributed by atoms with E-state index < -0.39 is 75.7 Å². The van der Waals surface area contributed by atoms with Crippen LogP contribution in [0.5, 0.6) is 0 Å². The fraction of sp³-hybridized carbons (Fsp3) is 0.933. The molecule has 0 aromatic rings. The van der Waals surface area contributed by atoms with Gasteiger partial charge in [0.15, 0.2) is 6.10 Å². The molecule has 0 spiro atoms. The zero-order valence-electron chi connectivity index (χ0n) is 47.4. The molecule has 1 aliphatic rings. The van der Waals surface area contributed by atoms with E-state index in [-0.39, 0.29) is 12.8 Å². The number of hydrogen-bond donors (Lipinski definition) is 6. The molecule has 0 aromatic carbocycles. The van der Waals surface area contributed by atoms with Crippen LogP contribution in [0.3, 0.4) is 0 Å². The Labute approximate surface area is 452 Å². The van der Waals surface area contributed by atoms with Crippen LogP contribution in [0.4, 0.5) is 0 Å². The van der Waals surface area contributed by atoms with Crippen LogP contribution >= 0.6 is 7.82 Å². The second kappa shape index (κ2) is 49.9. The third-order valence-electron chi connectivity index (χ3n) is 14.9. The minimum absolute atomic E-state index is 0.0985. The Morgan fingerprint density at radius 2 is 0.703 bits per heavy atom. The van der Waals surface area contributed by atoms with Crippen LogP contribution in [0, 0.1) is 0 Å². The Balaban J connectivity index is 2.30. The van der Waals surface area contributed by atoms with Crippen LogP contribution in [-0.4, -0.2) is 98.3 Å². The van der Waals surface area contributed by atoms with Gasteiger partial charge >= 0.3 is 19.8 Å². The Bertz CT molecular complexity index is 1340. The molecule has 8 atom stereocenters. The van der Waals surface area contributed by atoms with Gasteiger partial charge in [0, 0.05) is 12.8 Å². The Hall–Kier alpha value is -1.41. The van der Waals surface area contributed by atoms with Crippen LogP contribution in [0.2, 0.25) is 0 Å². The first-order chi connectivity index (χ1) is 35.9. The van der Waals surface area contributed by atoms with Crippen molar-refractivity contribution in [2.75, 3.05) is 13.2 Å². The maximum Gasteiger partial charge on any atom is 0.472 e. The number of rotatable bonds is 54. The lowest BCUT2D eigenvalue weighted by atomic mass is 9.85. The number of unbranched alkanes of at least 4 members (excludes halogenated alkanes) is 40. The normalized spacial score (nSPS) is 20.3. The molecule has 0 amide bonds. The summed E-state index contributed by atoms with van der Waals surface area (Å²) in [5.74, 6) is -1.12. The highest BCUT2D eigenvalue weighted by atomic mass is 31.2. The van der Waals surface area contributed by atoms with Gasteiger partial charge in [-0.1, -0.05) is 270 Å². The molecule has 0 heterocycles. The van der Waals surface area contributed by atoms with E-state index in [2.05, 4.69) is 26.0 Å². The quantitative estimate of drug-likeness (QED) is 0.0145. The first kappa shape index (κ1) is 70.6. The van der Waals surface area contributed by atoms with Crippen LogP contribution < -0.4 is 0 Å². The third-order valence-corrected chi connectivity index (χ3v) is 15.8. The van der Waals surface area contributed by atoms with E-state index in [1.54, 1.807) is 0 Å². The van der Waals surface area contributed by atoms with Gasteiger partial charge in [0.25, 0.3) is 0 Å². The van der Waals surface area contributed by atoms with E-state index in [1.165, 1.54) is 225 Å². The minimum Gasteiger partial charge on any atom is -0.462 e. The van der Waals surface area contributed by atoms with Gasteiger partial charge < -0.3 is 39.9 Å². The molecule has 0 saturated heterocycles. The number of esters is 2. The molecule has 1 fully saturated rings. The van der Waals surface area contributed by atoms with Gasteiger partial charge in [0.2, 0.25) is 0 Å². The maximum atomic E-state index is 12.9. The van der Waals surface area contributed by atoms with E-state index in [4.69, 9.17) is 18.5 Å². The van der Waals surface area contributed by atoms with E-state index in [1.807, 2.05) is 0 Å². The summed E-state index contributed by atoms with van der Waals surface area (Å²) in [4.78, 5) is 36.0. The molecular formula is C60H115O13P. The minimum atomic E-state index is -5.13. The number of aliphatic hydroxyl groups is 5. The number of hydrogen-bond acceptors (Lipinski definition) is 12. The zero-order valence-corrected chi connectivity index (χ0v) is 48.3. The number of aliphatic hydroxyl groups excluding tert-OH is 5. The van der Waals surface area contributed by atoms with Crippen molar-refractivity contribution >= 4 is 19.8 Å². The summed E-state index contributed by atoms with van der Waals surface area (Å²) in [5, 5.41) is 50.4. The molecule has 0 aromatic heterocycles. The van der Waals surface area contributed by atoms with E-state index in [0.29, 0.717) is 19.3 Å². The summed E-state index contributed by atoms with van der Waals surface area (Å²) < 4.78 is 33.8. The second-order valence-electron chi connectivity index (χ2n) is 21.9. The predicted octanol–water partition coefficient (Wildman–Crippen LogP) is 14.9. The standard InChI is InChI=1S/C60H115O13P/c1-3-5-7-9-11-13-15-17-19-21-23-25-27-29-30-32-34-36-38-40-42-44-46-48-53(61)70-50-52(51-71-74(68,69)73-60-58(66)56(64)55(63)57(65)59(60)67)72-54(62)49-47-45-43-41-39-37-35-33-31-28-26-24-22-20-18-16-14-12-10-8-6-4-2/h40,42,52,55-60,63-67H,3-39,41,43-51H2,1-2H3,(H,68,69)/b42-40+/t52-,55?,56-,57?,58?,59?,60?/m0/s1. The predicted molar refractivity (Wildman–Crippen MR) is 300 cm³/mol. The van der Waals surface area contributed by atoms with Gasteiger partial charge in [-0.25, -0.2) is 4.57 Å². The Morgan fingerprint density at radius 3 is 1.07 bits per heavy atom. The first-order valence-corrected chi connectivity index (χ1v) is 32.5. The highest BCUT2D eigenvalue weighted by Gasteiger charge is 2.51. The van der Waals surface area contributed by atoms with Gasteiger partial charge in [0.1, 0.15) is 43.2 Å². The zero-order chi connectivity index (χ0) is 54.2. The van der Waals surface area contributed by atoms with Gasteiger partial charge in [0.05, 0.1) is 6.61 Å². The molecule has 6 N–H and O–H groups in total. The molecule has 1 saturated carbocycles. The van der Waals surface area contributed by atoms with Crippen molar-refractivity contribution in [1.29, 1.82) is 0 Å². The second-order valence-corrected chi connectivity index (χ2v) is 23.3. The largest absolute Gasteiger partial charge is 0.472 e. The molecule has 1 rings (SSSR count). The lowest BCUT2D eigenvalue weighted by molar-refractivity contribution is -0.220. The van der Waals surface area contributed by atoms with Crippen molar-refractivity contribution in [3.8, 4) is 0 Å². The molecule has 438 valence electrons. The Kier molecular flexibility index (Phi) is 47.6. The number of carbonyl (C=O) groups excluding carboxylic acids is 2. The summed E-state index contributed by atoms with van der Waals surface area (Å²) in [6.07, 6.45) is 45.6. The molecule has 0 radical (unpaired) electrons. The average molecular weight is 1080 g/mol. The van der Waals surface area contributed by atoms with E-state index in [9.17, 15) is 44.6 Å². The fourth-order valence-corrected chi connectivity index (χ4v) is 10.9. The summed E-state index contributed by atoms with van der Waals surface area (Å²) >= 11 is 0. The number of ether oxygens (including phenoxy) is 2. The van der Waals surface area contributed by atoms with Gasteiger partial charge in [-0.15, -0.1) is 0 Å². The first-order valence-electron chi connectivity index (χ1n) is 31.0. The molecule has 6 unspecified atom stereocenters.